The second-order valence-corrected chi connectivity index (χ2v) is 6.31. The van der Waals surface area contributed by atoms with Crippen LogP contribution in [0.25, 0.3) is 0 Å². The van der Waals surface area contributed by atoms with Crippen molar-refractivity contribution in [3.8, 4) is 0 Å². The number of aryl methyl sites for hydroxylation is 1. The van der Waals surface area contributed by atoms with Crippen LogP contribution in [0.4, 0.5) is 5.69 Å². The Bertz CT molecular complexity index is 615. The number of para-hydroxylation sites is 1. The van der Waals surface area contributed by atoms with E-state index in [0.717, 1.165) is 21.6 Å². The van der Waals surface area contributed by atoms with Gasteiger partial charge in [0, 0.05) is 28.3 Å². The van der Waals surface area contributed by atoms with E-state index in [-0.39, 0.29) is 6.04 Å². The fraction of sp³-hybridized carbons (Fsp3) is 0.294. The number of rotatable bonds is 5. The molecule has 0 heterocycles. The minimum absolute atomic E-state index is 0.0566. The SMILES string of the molecule is CCN(c1ccccc1C)C(CN)c1cc(Br)ccc1Cl. The highest BCUT2D eigenvalue weighted by Crippen LogP contribution is 2.33. The molecule has 4 heteroatoms. The van der Waals surface area contributed by atoms with Gasteiger partial charge in [-0.3, -0.25) is 0 Å². The summed E-state index contributed by atoms with van der Waals surface area (Å²) in [5.74, 6) is 0. The van der Waals surface area contributed by atoms with Gasteiger partial charge in [-0.25, -0.2) is 0 Å². The van der Waals surface area contributed by atoms with Crippen LogP contribution in [0.5, 0.6) is 0 Å². The first kappa shape index (κ1) is 16.3. The van der Waals surface area contributed by atoms with Gasteiger partial charge in [0.05, 0.1) is 6.04 Å². The predicted molar refractivity (Wildman–Crippen MR) is 95.1 cm³/mol. The second-order valence-electron chi connectivity index (χ2n) is 4.99. The van der Waals surface area contributed by atoms with E-state index in [1.54, 1.807) is 0 Å². The largest absolute Gasteiger partial charge is 0.363 e. The lowest BCUT2D eigenvalue weighted by Crippen LogP contribution is -2.34. The summed E-state index contributed by atoms with van der Waals surface area (Å²) in [4.78, 5) is 2.31. The molecular weight excluding hydrogens is 348 g/mol. The molecule has 0 saturated heterocycles. The molecule has 0 radical (unpaired) electrons. The van der Waals surface area contributed by atoms with E-state index in [1.807, 2.05) is 12.1 Å². The first-order valence-electron chi connectivity index (χ1n) is 7.05. The molecular formula is C17H20BrClN2. The molecule has 0 saturated carbocycles. The molecule has 0 aliphatic rings. The molecule has 0 fully saturated rings. The summed E-state index contributed by atoms with van der Waals surface area (Å²) in [6.45, 7) is 5.64. The smallest absolute Gasteiger partial charge is 0.0679 e. The van der Waals surface area contributed by atoms with Crippen LogP contribution < -0.4 is 10.6 Å². The number of nitrogens with two attached hydrogens (primary N) is 1. The van der Waals surface area contributed by atoms with Crippen molar-refractivity contribution in [3.63, 3.8) is 0 Å². The minimum Gasteiger partial charge on any atom is -0.363 e. The Balaban J connectivity index is 2.48. The average molecular weight is 368 g/mol. The lowest BCUT2D eigenvalue weighted by molar-refractivity contribution is 0.642. The lowest BCUT2D eigenvalue weighted by Gasteiger charge is -2.34. The highest BCUT2D eigenvalue weighted by atomic mass is 79.9. The normalized spacial score (nSPS) is 12.2. The van der Waals surface area contributed by atoms with Crippen LogP contribution in [0.2, 0.25) is 5.02 Å². The van der Waals surface area contributed by atoms with Gasteiger partial charge >= 0.3 is 0 Å². The molecule has 2 aromatic carbocycles. The number of likely N-dealkylation sites (N-methyl/N-ethyl adjacent to an activating group) is 1. The third-order valence-corrected chi connectivity index (χ3v) is 4.52. The van der Waals surface area contributed by atoms with Gasteiger partial charge in [-0.2, -0.15) is 0 Å². The first-order chi connectivity index (χ1) is 10.1. The molecule has 0 spiro atoms. The Kier molecular flexibility index (Phi) is 5.68. The lowest BCUT2D eigenvalue weighted by atomic mass is 10.0. The van der Waals surface area contributed by atoms with Crippen molar-refractivity contribution in [1.82, 2.24) is 0 Å². The molecule has 0 aliphatic heterocycles. The standard InChI is InChI=1S/C17H20BrClN2/c1-3-21(16-7-5-4-6-12(16)2)17(11-20)14-10-13(18)8-9-15(14)19/h4-10,17H,3,11,20H2,1-2H3. The molecule has 2 N–H and O–H groups in total. The zero-order valence-electron chi connectivity index (χ0n) is 12.3. The summed E-state index contributed by atoms with van der Waals surface area (Å²) in [6.07, 6.45) is 0. The maximum absolute atomic E-state index is 6.39. The number of nitrogens with zero attached hydrogens (tertiary/aromatic N) is 1. The fourth-order valence-corrected chi connectivity index (χ4v) is 3.26. The quantitative estimate of drug-likeness (QED) is 0.811. The molecule has 1 unspecified atom stereocenters. The van der Waals surface area contributed by atoms with Crippen LogP contribution in [0.3, 0.4) is 0 Å². The van der Waals surface area contributed by atoms with Crippen molar-refractivity contribution < 1.29 is 0 Å². The number of hydrogen-bond donors (Lipinski definition) is 1. The Hall–Kier alpha value is -1.03. The van der Waals surface area contributed by atoms with E-state index in [1.165, 1.54) is 11.3 Å². The Morgan fingerprint density at radius 2 is 1.95 bits per heavy atom. The zero-order valence-corrected chi connectivity index (χ0v) is 14.7. The molecule has 2 rings (SSSR count). The third-order valence-electron chi connectivity index (χ3n) is 3.68. The number of benzene rings is 2. The average Bonchev–Trinajstić information content (AvgIpc) is 2.48. The van der Waals surface area contributed by atoms with Crippen LogP contribution in [0, 0.1) is 6.92 Å². The maximum atomic E-state index is 6.39. The van der Waals surface area contributed by atoms with E-state index in [9.17, 15) is 0 Å². The van der Waals surface area contributed by atoms with Crippen molar-refractivity contribution >= 4 is 33.2 Å². The molecule has 0 amide bonds. The van der Waals surface area contributed by atoms with Crippen molar-refractivity contribution in [2.45, 2.75) is 19.9 Å². The first-order valence-corrected chi connectivity index (χ1v) is 8.22. The fourth-order valence-electron chi connectivity index (χ4n) is 2.64. The van der Waals surface area contributed by atoms with Gasteiger partial charge < -0.3 is 10.6 Å². The summed E-state index contributed by atoms with van der Waals surface area (Å²) in [7, 11) is 0. The minimum atomic E-state index is 0.0566. The molecule has 1 atom stereocenters. The Labute approximate surface area is 140 Å². The number of halogens is 2. The van der Waals surface area contributed by atoms with Gasteiger partial charge in [0.25, 0.3) is 0 Å². The van der Waals surface area contributed by atoms with Crippen molar-refractivity contribution in [3.05, 3.63) is 63.1 Å². The highest BCUT2D eigenvalue weighted by Gasteiger charge is 2.21. The summed E-state index contributed by atoms with van der Waals surface area (Å²) >= 11 is 9.91. The van der Waals surface area contributed by atoms with Crippen molar-refractivity contribution in [2.24, 2.45) is 5.73 Å². The van der Waals surface area contributed by atoms with Gasteiger partial charge in [0.1, 0.15) is 0 Å². The van der Waals surface area contributed by atoms with Gasteiger partial charge in [-0.15, -0.1) is 0 Å². The van der Waals surface area contributed by atoms with E-state index in [4.69, 9.17) is 17.3 Å². The van der Waals surface area contributed by atoms with Crippen LogP contribution in [0.15, 0.2) is 46.9 Å². The maximum Gasteiger partial charge on any atom is 0.0679 e. The number of anilines is 1. The van der Waals surface area contributed by atoms with Crippen LogP contribution in [-0.4, -0.2) is 13.1 Å². The molecule has 2 nitrogen and oxygen atoms in total. The van der Waals surface area contributed by atoms with Crippen LogP contribution in [-0.2, 0) is 0 Å². The second kappa shape index (κ2) is 7.30. The number of hydrogen-bond acceptors (Lipinski definition) is 2. The Morgan fingerprint density at radius 3 is 2.57 bits per heavy atom. The van der Waals surface area contributed by atoms with E-state index in [0.29, 0.717) is 6.54 Å². The topological polar surface area (TPSA) is 29.3 Å². The van der Waals surface area contributed by atoms with Gasteiger partial charge in [-0.1, -0.05) is 45.7 Å². The van der Waals surface area contributed by atoms with Gasteiger partial charge in [-0.05, 0) is 49.2 Å². The van der Waals surface area contributed by atoms with Gasteiger partial charge in [0.15, 0.2) is 0 Å². The van der Waals surface area contributed by atoms with Crippen molar-refractivity contribution in [2.75, 3.05) is 18.0 Å². The monoisotopic (exact) mass is 366 g/mol. The molecule has 2 aromatic rings. The molecule has 0 bridgehead atoms. The van der Waals surface area contributed by atoms with Crippen molar-refractivity contribution in [1.29, 1.82) is 0 Å². The summed E-state index contributed by atoms with van der Waals surface area (Å²) in [6, 6.07) is 14.3. The summed E-state index contributed by atoms with van der Waals surface area (Å²) in [5.41, 5.74) is 9.57. The van der Waals surface area contributed by atoms with E-state index < -0.39 is 0 Å². The van der Waals surface area contributed by atoms with Crippen LogP contribution >= 0.6 is 27.5 Å². The van der Waals surface area contributed by atoms with Gasteiger partial charge in [0.2, 0.25) is 0 Å². The highest BCUT2D eigenvalue weighted by molar-refractivity contribution is 9.10. The van der Waals surface area contributed by atoms with E-state index >= 15 is 0 Å². The predicted octanol–water partition coefficient (Wildman–Crippen LogP) is 4.94. The third kappa shape index (κ3) is 3.60. The van der Waals surface area contributed by atoms with E-state index in [2.05, 4.69) is 65.0 Å². The van der Waals surface area contributed by atoms with Crippen LogP contribution in [0.1, 0.15) is 24.1 Å². The summed E-state index contributed by atoms with van der Waals surface area (Å²) < 4.78 is 1.01. The molecule has 0 aliphatic carbocycles. The summed E-state index contributed by atoms with van der Waals surface area (Å²) in [5, 5.41) is 0.751. The molecule has 0 aromatic heterocycles. The molecule has 112 valence electrons. The molecule has 21 heavy (non-hydrogen) atoms. The zero-order chi connectivity index (χ0) is 15.4. The Morgan fingerprint density at radius 1 is 1.24 bits per heavy atom.